The number of halogens is 2. The zero-order valence-corrected chi connectivity index (χ0v) is 18.0. The third kappa shape index (κ3) is 3.10. The van der Waals surface area contributed by atoms with Crippen molar-refractivity contribution in [1.82, 2.24) is 24.1 Å². The van der Waals surface area contributed by atoms with Gasteiger partial charge in [-0.25, -0.2) is 14.5 Å². The average Bonchev–Trinajstić information content (AvgIpc) is 3.06. The van der Waals surface area contributed by atoms with Gasteiger partial charge in [0.2, 0.25) is 0 Å². The van der Waals surface area contributed by atoms with Crippen molar-refractivity contribution >= 4 is 53.8 Å². The summed E-state index contributed by atoms with van der Waals surface area (Å²) in [5.74, 6) is 1.30. The van der Waals surface area contributed by atoms with Crippen LogP contribution in [0, 0.1) is 0 Å². The molecule has 8 nitrogen and oxygen atoms in total. The molecule has 4 heterocycles. The predicted octanol–water partition coefficient (Wildman–Crippen LogP) is 3.23. The number of benzene rings is 1. The van der Waals surface area contributed by atoms with E-state index < -0.39 is 0 Å². The van der Waals surface area contributed by atoms with Gasteiger partial charge in [0, 0.05) is 12.7 Å². The summed E-state index contributed by atoms with van der Waals surface area (Å²) in [6.45, 7) is 0.704. The van der Waals surface area contributed by atoms with Crippen LogP contribution in [-0.2, 0) is 0 Å². The number of rotatable bonds is 3. The second kappa shape index (κ2) is 7.82. The maximum absolute atomic E-state index is 13.4. The third-order valence-electron chi connectivity index (χ3n) is 5.06. The second-order valence-corrected chi connectivity index (χ2v) is 7.47. The van der Waals surface area contributed by atoms with Gasteiger partial charge in [-0.2, -0.15) is 18.6 Å². The number of hydrogen-bond donors (Lipinski definition) is 1. The van der Waals surface area contributed by atoms with Crippen LogP contribution in [-0.4, -0.2) is 30.7 Å². The average molecular weight is 462 g/mol. The highest BCUT2D eigenvalue weighted by Crippen LogP contribution is 2.40. The molecule has 11 heteroatoms. The van der Waals surface area contributed by atoms with E-state index in [4.69, 9.17) is 34.0 Å². The molecule has 30 heavy (non-hydrogen) atoms. The van der Waals surface area contributed by atoms with Crippen molar-refractivity contribution in [3.8, 4) is 5.69 Å². The first-order chi connectivity index (χ1) is 14.1. The highest BCUT2D eigenvalue weighted by molar-refractivity contribution is 7.59. The fourth-order valence-electron chi connectivity index (χ4n) is 3.57. The fraction of sp³-hybridized carbons (Fsp3) is 0.158. The Morgan fingerprint density at radius 3 is 2.57 bits per heavy atom. The Morgan fingerprint density at radius 1 is 1.10 bits per heavy atom. The number of nitrogen functional groups attached to an aromatic ring is 1. The molecule has 154 valence electrons. The van der Waals surface area contributed by atoms with Gasteiger partial charge in [0.15, 0.2) is 11.6 Å². The van der Waals surface area contributed by atoms with E-state index in [1.165, 1.54) is 10.8 Å². The number of fused-ring (bicyclic) bond motifs is 1. The van der Waals surface area contributed by atoms with E-state index in [-0.39, 0.29) is 35.9 Å². The topological polar surface area (TPSA) is 94.3 Å². The minimum absolute atomic E-state index is 0. The van der Waals surface area contributed by atoms with E-state index >= 15 is 0 Å². The van der Waals surface area contributed by atoms with Gasteiger partial charge in [-0.05, 0) is 24.6 Å². The molecule has 0 spiro atoms. The van der Waals surface area contributed by atoms with Crippen molar-refractivity contribution in [3.05, 3.63) is 75.1 Å². The van der Waals surface area contributed by atoms with Crippen LogP contribution in [0.25, 0.3) is 11.2 Å². The number of anilines is 2. The second-order valence-electron chi connectivity index (χ2n) is 6.69. The first-order valence-electron chi connectivity index (χ1n) is 8.94. The van der Waals surface area contributed by atoms with Gasteiger partial charge in [0.05, 0.1) is 16.8 Å². The molecule has 1 saturated heterocycles. The molecule has 1 atom stereocenters. The van der Waals surface area contributed by atoms with Crippen LogP contribution in [0.3, 0.4) is 0 Å². The molecule has 5 rings (SSSR count). The lowest BCUT2D eigenvalue weighted by atomic mass is 10.0. The minimum Gasteiger partial charge on any atom is -0.382 e. The van der Waals surface area contributed by atoms with Crippen LogP contribution in [0.2, 0.25) is 10.0 Å². The van der Waals surface area contributed by atoms with Crippen molar-refractivity contribution in [2.75, 3.05) is 17.2 Å². The highest BCUT2D eigenvalue weighted by Gasteiger charge is 2.37. The number of nitrogens with zero attached hydrogens (tertiary/aromatic N) is 6. The molecular formula is C19H17Cl2N7OS. The molecule has 0 radical (unpaired) electrons. The Morgan fingerprint density at radius 2 is 1.87 bits per heavy atom. The molecule has 1 fully saturated rings. The van der Waals surface area contributed by atoms with Gasteiger partial charge >= 0.3 is 0 Å². The van der Waals surface area contributed by atoms with E-state index in [9.17, 15) is 4.79 Å². The van der Waals surface area contributed by atoms with Gasteiger partial charge < -0.3 is 10.6 Å². The molecule has 1 aromatic carbocycles. The maximum atomic E-state index is 13.4. The molecule has 3 aromatic heterocycles. The number of para-hydroxylation sites is 1. The van der Waals surface area contributed by atoms with E-state index in [1.807, 2.05) is 35.2 Å². The van der Waals surface area contributed by atoms with Gasteiger partial charge in [0.1, 0.15) is 22.7 Å². The van der Waals surface area contributed by atoms with Crippen LogP contribution in [0.15, 0.2) is 53.7 Å². The van der Waals surface area contributed by atoms with Crippen LogP contribution < -0.4 is 16.2 Å². The molecule has 0 aliphatic carbocycles. The lowest BCUT2D eigenvalue weighted by Gasteiger charge is -2.42. The van der Waals surface area contributed by atoms with Crippen molar-refractivity contribution in [1.29, 1.82) is 0 Å². The fourth-order valence-corrected chi connectivity index (χ4v) is 4.00. The normalized spacial score (nSPS) is 15.7. The Bertz CT molecular complexity index is 1290. The van der Waals surface area contributed by atoms with Gasteiger partial charge in [0.25, 0.3) is 5.56 Å². The lowest BCUT2D eigenvalue weighted by Crippen LogP contribution is -2.45. The molecule has 0 bridgehead atoms. The van der Waals surface area contributed by atoms with E-state index in [2.05, 4.69) is 9.97 Å². The van der Waals surface area contributed by atoms with E-state index in [1.54, 1.807) is 16.8 Å². The van der Waals surface area contributed by atoms with E-state index in [0.717, 1.165) is 6.42 Å². The Labute approximate surface area is 188 Å². The molecule has 4 aromatic rings. The molecule has 2 N–H and O–H groups in total. The lowest BCUT2D eigenvalue weighted by molar-refractivity contribution is 0.423. The summed E-state index contributed by atoms with van der Waals surface area (Å²) in [5, 5.41) is 5.36. The number of aromatic nitrogens is 5. The first-order valence-corrected chi connectivity index (χ1v) is 9.69. The monoisotopic (exact) mass is 461 g/mol. The van der Waals surface area contributed by atoms with Crippen LogP contribution in [0.4, 0.5) is 11.6 Å². The van der Waals surface area contributed by atoms with Gasteiger partial charge in [-0.3, -0.25) is 9.36 Å². The highest BCUT2D eigenvalue weighted by atomic mass is 35.5. The predicted molar refractivity (Wildman–Crippen MR) is 122 cm³/mol. The Hall–Kier alpha value is -2.75. The Kier molecular flexibility index (Phi) is 5.35. The largest absolute Gasteiger partial charge is 0.382 e. The van der Waals surface area contributed by atoms with Crippen LogP contribution >= 0.6 is 36.7 Å². The van der Waals surface area contributed by atoms with Gasteiger partial charge in [-0.15, -0.1) is 0 Å². The maximum Gasteiger partial charge on any atom is 0.284 e. The molecule has 0 saturated carbocycles. The van der Waals surface area contributed by atoms with Crippen molar-refractivity contribution in [2.24, 2.45) is 0 Å². The SMILES string of the molecule is Nc1ncnc(N2CC[C@H]2c2nn3ccc(Cl)c3c(=O)n2-c2ccccc2)c1Cl.S. The summed E-state index contributed by atoms with van der Waals surface area (Å²) in [7, 11) is 0. The molecule has 0 unspecified atom stereocenters. The summed E-state index contributed by atoms with van der Waals surface area (Å²) in [5.41, 5.74) is 6.64. The molecule has 1 aliphatic heterocycles. The van der Waals surface area contributed by atoms with Crippen molar-refractivity contribution in [3.63, 3.8) is 0 Å². The molecule has 0 amide bonds. The number of nitrogens with two attached hydrogens (primary N) is 1. The van der Waals surface area contributed by atoms with Crippen LogP contribution in [0.5, 0.6) is 0 Å². The zero-order chi connectivity index (χ0) is 20.1. The summed E-state index contributed by atoms with van der Waals surface area (Å²) in [4.78, 5) is 23.5. The summed E-state index contributed by atoms with van der Waals surface area (Å²) in [6.07, 6.45) is 3.83. The molecular weight excluding hydrogens is 445 g/mol. The zero-order valence-electron chi connectivity index (χ0n) is 15.5. The van der Waals surface area contributed by atoms with Crippen molar-refractivity contribution in [2.45, 2.75) is 12.5 Å². The van der Waals surface area contributed by atoms with Crippen LogP contribution in [0.1, 0.15) is 18.3 Å². The Balaban J connectivity index is 0.00000218. The third-order valence-corrected chi connectivity index (χ3v) is 5.73. The van der Waals surface area contributed by atoms with E-state index in [0.29, 0.717) is 34.4 Å². The summed E-state index contributed by atoms with van der Waals surface area (Å²) >= 11 is 12.6. The standard InChI is InChI=1S/C19H15Cl2N7O.H2S/c20-12-6-9-27-15(12)19(29)28(11-4-2-1-3-5-11)17(25-27)13-7-8-26(13)18-14(21)16(22)23-10-24-18;/h1-6,9-10,13H,7-8H2,(H2,22,23,24);1H2/t13-;/m0./s1. The summed E-state index contributed by atoms with van der Waals surface area (Å²) in [6, 6.07) is 10.8. The smallest absolute Gasteiger partial charge is 0.284 e. The quantitative estimate of drug-likeness (QED) is 0.503. The van der Waals surface area contributed by atoms with Gasteiger partial charge in [-0.1, -0.05) is 41.4 Å². The summed E-state index contributed by atoms with van der Waals surface area (Å²) < 4.78 is 3.11. The number of hydrogen-bond acceptors (Lipinski definition) is 6. The molecule has 1 aliphatic rings. The minimum atomic E-state index is -0.239. The first kappa shape index (κ1) is 20.5. The van der Waals surface area contributed by atoms with Crippen molar-refractivity contribution < 1.29 is 0 Å².